The van der Waals surface area contributed by atoms with E-state index in [0.29, 0.717) is 13.1 Å². The van der Waals surface area contributed by atoms with Crippen LogP contribution >= 0.6 is 0 Å². The summed E-state index contributed by atoms with van der Waals surface area (Å²) >= 11 is 0. The second-order valence-electron chi connectivity index (χ2n) is 5.31. The van der Waals surface area contributed by atoms with Crippen molar-refractivity contribution < 1.29 is 24.0 Å². The minimum atomic E-state index is -1.37. The number of carbonyl (C=O) groups is 2. The molecule has 1 aromatic heterocycles. The fourth-order valence-corrected chi connectivity index (χ4v) is 2.77. The van der Waals surface area contributed by atoms with Crippen molar-refractivity contribution in [2.24, 2.45) is 5.92 Å². The number of nitrogens with zero attached hydrogens (tertiary/aromatic N) is 3. The van der Waals surface area contributed by atoms with Crippen molar-refractivity contribution in [2.75, 3.05) is 26.3 Å². The molecule has 1 atom stereocenters. The molecule has 0 aromatic carbocycles. The van der Waals surface area contributed by atoms with Gasteiger partial charge in [0.15, 0.2) is 5.92 Å². The van der Waals surface area contributed by atoms with Gasteiger partial charge in [0.25, 0.3) is 5.69 Å². The lowest BCUT2D eigenvalue weighted by atomic mass is 9.93. The highest BCUT2D eigenvalue weighted by Crippen LogP contribution is 2.34. The molecule has 1 rings (SSSR count). The average molecular weight is 367 g/mol. The number of hydrogen-bond acceptors (Lipinski definition) is 8. The molecule has 0 N–H and O–H groups in total. The average Bonchev–Trinajstić information content (AvgIpc) is 2.62. The molecule has 0 aliphatic rings. The number of esters is 2. The van der Waals surface area contributed by atoms with Crippen molar-refractivity contribution in [3.05, 3.63) is 34.1 Å². The van der Waals surface area contributed by atoms with Gasteiger partial charge in [-0.25, -0.2) is 0 Å². The fourth-order valence-electron chi connectivity index (χ4n) is 2.77. The van der Waals surface area contributed by atoms with Crippen LogP contribution in [0.1, 0.15) is 39.4 Å². The first-order chi connectivity index (χ1) is 12.4. The topological polar surface area (TPSA) is 112 Å². The van der Waals surface area contributed by atoms with Crippen LogP contribution in [0.25, 0.3) is 0 Å². The van der Waals surface area contributed by atoms with Gasteiger partial charge in [0.05, 0.1) is 24.2 Å². The largest absolute Gasteiger partial charge is 0.465 e. The zero-order valence-corrected chi connectivity index (χ0v) is 15.5. The molecule has 0 saturated carbocycles. The predicted molar refractivity (Wildman–Crippen MR) is 93.3 cm³/mol. The molecule has 1 aromatic rings. The molecule has 0 radical (unpaired) electrons. The van der Waals surface area contributed by atoms with Crippen molar-refractivity contribution >= 4 is 17.6 Å². The Morgan fingerprint density at radius 3 is 2.12 bits per heavy atom. The number of hydrogen-bond donors (Lipinski definition) is 0. The Bertz CT molecular complexity index is 615. The van der Waals surface area contributed by atoms with Crippen LogP contribution in [0.2, 0.25) is 0 Å². The lowest BCUT2D eigenvalue weighted by Gasteiger charge is -2.32. The van der Waals surface area contributed by atoms with Gasteiger partial charge in [0.1, 0.15) is 5.69 Å². The van der Waals surface area contributed by atoms with Gasteiger partial charge in [0.2, 0.25) is 0 Å². The first kappa shape index (κ1) is 21.5. The van der Waals surface area contributed by atoms with Crippen LogP contribution in [0, 0.1) is 16.0 Å². The van der Waals surface area contributed by atoms with Crippen molar-refractivity contribution in [1.29, 1.82) is 0 Å². The van der Waals surface area contributed by atoms with E-state index in [2.05, 4.69) is 4.98 Å². The number of aromatic nitrogens is 1. The maximum absolute atomic E-state index is 12.5. The van der Waals surface area contributed by atoms with Crippen LogP contribution < -0.4 is 0 Å². The molecule has 0 fully saturated rings. The maximum atomic E-state index is 12.5. The molecule has 26 heavy (non-hydrogen) atoms. The summed E-state index contributed by atoms with van der Waals surface area (Å²) in [5, 5.41) is 11.5. The molecule has 0 bridgehead atoms. The summed E-state index contributed by atoms with van der Waals surface area (Å²) < 4.78 is 10.1. The number of ether oxygens (including phenoxy) is 2. The summed E-state index contributed by atoms with van der Waals surface area (Å²) in [7, 11) is 0. The van der Waals surface area contributed by atoms with E-state index >= 15 is 0 Å². The lowest BCUT2D eigenvalue weighted by molar-refractivity contribution is -0.386. The first-order valence-corrected chi connectivity index (χ1v) is 8.59. The Labute approximate surface area is 152 Å². The molecular formula is C17H25N3O6. The smallest absolute Gasteiger partial charge is 0.322 e. The molecule has 144 valence electrons. The highest BCUT2D eigenvalue weighted by molar-refractivity contribution is 5.96. The van der Waals surface area contributed by atoms with E-state index in [9.17, 15) is 19.7 Å². The Balaban J connectivity index is 3.57. The third-order valence-corrected chi connectivity index (χ3v) is 3.90. The second-order valence-corrected chi connectivity index (χ2v) is 5.31. The Morgan fingerprint density at radius 2 is 1.69 bits per heavy atom. The van der Waals surface area contributed by atoms with Gasteiger partial charge in [-0.3, -0.25) is 29.6 Å². The standard InChI is InChI=1S/C17H25N3O6/c1-5-19(6-2)15(14-12(20(23)24)10-9-11-18-14)13(16(21)25-7-3)17(22)26-8-4/h9-11,13,15H,5-8H2,1-4H3. The summed E-state index contributed by atoms with van der Waals surface area (Å²) in [6, 6.07) is 1.77. The van der Waals surface area contributed by atoms with Crippen molar-refractivity contribution in [3.63, 3.8) is 0 Å². The van der Waals surface area contributed by atoms with Gasteiger partial charge in [-0.15, -0.1) is 0 Å². The summed E-state index contributed by atoms with van der Waals surface area (Å²) in [5.74, 6) is -2.95. The van der Waals surface area contributed by atoms with Crippen LogP contribution in [0.4, 0.5) is 5.69 Å². The molecule has 0 aliphatic carbocycles. The molecule has 1 heterocycles. The van der Waals surface area contributed by atoms with Crippen molar-refractivity contribution in [2.45, 2.75) is 33.7 Å². The van der Waals surface area contributed by atoms with Crippen LogP contribution in [0.5, 0.6) is 0 Å². The van der Waals surface area contributed by atoms with Crippen LogP contribution in [0.3, 0.4) is 0 Å². The van der Waals surface area contributed by atoms with Gasteiger partial charge >= 0.3 is 11.9 Å². The third-order valence-electron chi connectivity index (χ3n) is 3.90. The molecule has 9 nitrogen and oxygen atoms in total. The van der Waals surface area contributed by atoms with Crippen LogP contribution in [-0.2, 0) is 19.1 Å². The lowest BCUT2D eigenvalue weighted by Crippen LogP contribution is -2.43. The normalized spacial score (nSPS) is 12.1. The molecule has 9 heteroatoms. The summed E-state index contributed by atoms with van der Waals surface area (Å²) in [6.45, 7) is 7.95. The number of nitro groups is 1. The third kappa shape index (κ3) is 4.98. The van der Waals surface area contributed by atoms with Gasteiger partial charge < -0.3 is 9.47 Å². The Hall–Kier alpha value is -2.55. The van der Waals surface area contributed by atoms with Gasteiger partial charge in [-0.1, -0.05) is 13.8 Å². The minimum Gasteiger partial charge on any atom is -0.465 e. The van der Waals surface area contributed by atoms with Gasteiger partial charge in [-0.05, 0) is 33.0 Å². The summed E-state index contributed by atoms with van der Waals surface area (Å²) in [4.78, 5) is 41.8. The van der Waals surface area contributed by atoms with E-state index in [1.165, 1.54) is 18.3 Å². The van der Waals surface area contributed by atoms with E-state index in [1.54, 1.807) is 18.7 Å². The summed E-state index contributed by atoms with van der Waals surface area (Å²) in [6.07, 6.45) is 1.40. The molecule has 0 spiro atoms. The Morgan fingerprint density at radius 1 is 1.15 bits per heavy atom. The van der Waals surface area contributed by atoms with E-state index in [4.69, 9.17) is 9.47 Å². The second kappa shape index (κ2) is 10.4. The summed E-state index contributed by atoms with van der Waals surface area (Å²) in [5.41, 5.74) is -0.227. The van der Waals surface area contributed by atoms with E-state index in [1.807, 2.05) is 13.8 Å². The molecule has 0 aliphatic heterocycles. The van der Waals surface area contributed by atoms with E-state index in [0.717, 1.165) is 0 Å². The fraction of sp³-hybridized carbons (Fsp3) is 0.588. The van der Waals surface area contributed by atoms with E-state index in [-0.39, 0.29) is 24.6 Å². The number of carbonyl (C=O) groups excluding carboxylic acids is 2. The zero-order valence-electron chi connectivity index (χ0n) is 15.5. The maximum Gasteiger partial charge on any atom is 0.322 e. The molecule has 0 amide bonds. The van der Waals surface area contributed by atoms with E-state index < -0.39 is 28.8 Å². The zero-order chi connectivity index (χ0) is 19.7. The predicted octanol–water partition coefficient (Wildman–Crippen LogP) is 2.12. The van der Waals surface area contributed by atoms with Gasteiger partial charge in [-0.2, -0.15) is 0 Å². The number of pyridine rings is 1. The van der Waals surface area contributed by atoms with Gasteiger partial charge in [0, 0.05) is 12.3 Å². The van der Waals surface area contributed by atoms with Crippen molar-refractivity contribution in [3.8, 4) is 0 Å². The van der Waals surface area contributed by atoms with Crippen LogP contribution in [-0.4, -0.2) is 53.0 Å². The Kier molecular flexibility index (Phi) is 8.63. The SMILES string of the molecule is CCOC(=O)C(C(=O)OCC)C(c1ncccc1[N+](=O)[O-])N(CC)CC. The highest BCUT2D eigenvalue weighted by Gasteiger charge is 2.44. The quantitative estimate of drug-likeness (QED) is 0.267. The first-order valence-electron chi connectivity index (χ1n) is 8.59. The number of rotatable bonds is 10. The van der Waals surface area contributed by atoms with Crippen LogP contribution in [0.15, 0.2) is 18.3 Å². The molecule has 0 saturated heterocycles. The monoisotopic (exact) mass is 367 g/mol. The highest BCUT2D eigenvalue weighted by atomic mass is 16.6. The molecule has 1 unspecified atom stereocenters. The van der Waals surface area contributed by atoms with Crippen molar-refractivity contribution in [1.82, 2.24) is 9.88 Å². The molecular weight excluding hydrogens is 342 g/mol. The minimum absolute atomic E-state index is 0.0345.